The van der Waals surface area contributed by atoms with E-state index in [1.807, 2.05) is 41.8 Å². The second-order valence-electron chi connectivity index (χ2n) is 3.42. The molecule has 2 aromatic rings. The number of nitrogens with two attached hydrogens (primary N) is 1. The summed E-state index contributed by atoms with van der Waals surface area (Å²) < 4.78 is 0. The first-order valence-corrected chi connectivity index (χ1v) is 5.68. The van der Waals surface area contributed by atoms with Crippen LogP contribution in [0.15, 0.2) is 41.8 Å². The van der Waals surface area contributed by atoms with Gasteiger partial charge in [0, 0.05) is 4.88 Å². The van der Waals surface area contributed by atoms with Gasteiger partial charge in [-0.25, -0.2) is 0 Å². The van der Waals surface area contributed by atoms with Crippen LogP contribution in [0.2, 0.25) is 0 Å². The Balaban J connectivity index is 2.30. The second-order valence-corrected chi connectivity index (χ2v) is 4.36. The number of rotatable bonds is 3. The predicted octanol–water partition coefficient (Wildman–Crippen LogP) is 2.50. The van der Waals surface area contributed by atoms with E-state index in [0.717, 1.165) is 11.1 Å². The maximum atomic E-state index is 10.7. The van der Waals surface area contributed by atoms with Crippen molar-refractivity contribution in [1.82, 2.24) is 0 Å². The van der Waals surface area contributed by atoms with Gasteiger partial charge in [-0.05, 0) is 22.6 Å². The lowest BCUT2D eigenvalue weighted by Gasteiger charge is -2.01. The average molecular weight is 233 g/mol. The van der Waals surface area contributed by atoms with Gasteiger partial charge in [-0.3, -0.25) is 4.79 Å². The summed E-state index contributed by atoms with van der Waals surface area (Å²) in [5.74, 6) is -0.999. The normalized spacial score (nSPS) is 12.3. The molecule has 0 radical (unpaired) electrons. The summed E-state index contributed by atoms with van der Waals surface area (Å²) in [6.45, 7) is 0. The van der Waals surface area contributed by atoms with Crippen molar-refractivity contribution < 1.29 is 9.90 Å². The largest absolute Gasteiger partial charge is 0.480 e. The van der Waals surface area contributed by atoms with E-state index in [-0.39, 0.29) is 0 Å². The molecular weight excluding hydrogens is 222 g/mol. The Kier molecular flexibility index (Phi) is 3.03. The molecule has 0 fully saturated rings. The number of carboxylic acid groups (broad SMARTS) is 1. The number of carbonyl (C=O) groups is 1. The highest BCUT2D eigenvalue weighted by atomic mass is 32.1. The zero-order chi connectivity index (χ0) is 11.5. The minimum atomic E-state index is -0.999. The van der Waals surface area contributed by atoms with Crippen molar-refractivity contribution in [2.45, 2.75) is 6.04 Å². The second kappa shape index (κ2) is 4.47. The van der Waals surface area contributed by atoms with Crippen molar-refractivity contribution in [2.24, 2.45) is 5.73 Å². The van der Waals surface area contributed by atoms with E-state index in [1.54, 1.807) is 0 Å². The van der Waals surface area contributed by atoms with Crippen LogP contribution >= 0.6 is 11.3 Å². The fourth-order valence-electron chi connectivity index (χ4n) is 1.42. The molecule has 1 heterocycles. The SMILES string of the molecule is NC(C(=O)O)c1cc(-c2ccccc2)cs1. The lowest BCUT2D eigenvalue weighted by Crippen LogP contribution is -2.19. The van der Waals surface area contributed by atoms with E-state index in [9.17, 15) is 4.79 Å². The predicted molar refractivity (Wildman–Crippen MR) is 64.3 cm³/mol. The van der Waals surface area contributed by atoms with Gasteiger partial charge in [0.2, 0.25) is 0 Å². The van der Waals surface area contributed by atoms with Crippen molar-refractivity contribution >= 4 is 17.3 Å². The van der Waals surface area contributed by atoms with Crippen LogP contribution in [-0.2, 0) is 4.79 Å². The monoisotopic (exact) mass is 233 g/mol. The molecule has 0 bridgehead atoms. The molecule has 0 aliphatic carbocycles. The fraction of sp³-hybridized carbons (Fsp3) is 0.0833. The summed E-state index contributed by atoms with van der Waals surface area (Å²) in [5.41, 5.74) is 7.62. The van der Waals surface area contributed by atoms with Crippen LogP contribution in [0.4, 0.5) is 0 Å². The Labute approximate surface area is 97.2 Å². The van der Waals surface area contributed by atoms with E-state index in [1.165, 1.54) is 11.3 Å². The molecule has 0 saturated carbocycles. The lowest BCUT2D eigenvalue weighted by atomic mass is 10.1. The molecule has 0 aliphatic rings. The first-order valence-electron chi connectivity index (χ1n) is 4.80. The quantitative estimate of drug-likeness (QED) is 0.856. The highest BCUT2D eigenvalue weighted by Gasteiger charge is 2.16. The highest BCUT2D eigenvalue weighted by Crippen LogP contribution is 2.28. The lowest BCUT2D eigenvalue weighted by molar-refractivity contribution is -0.138. The van der Waals surface area contributed by atoms with Gasteiger partial charge in [0.1, 0.15) is 6.04 Å². The summed E-state index contributed by atoms with van der Waals surface area (Å²) in [6.07, 6.45) is 0. The molecule has 3 nitrogen and oxygen atoms in total. The van der Waals surface area contributed by atoms with E-state index in [2.05, 4.69) is 0 Å². The van der Waals surface area contributed by atoms with E-state index < -0.39 is 12.0 Å². The van der Waals surface area contributed by atoms with Crippen molar-refractivity contribution in [1.29, 1.82) is 0 Å². The van der Waals surface area contributed by atoms with Crippen LogP contribution in [0.3, 0.4) is 0 Å². The van der Waals surface area contributed by atoms with Crippen LogP contribution in [0.25, 0.3) is 11.1 Å². The zero-order valence-electron chi connectivity index (χ0n) is 8.46. The zero-order valence-corrected chi connectivity index (χ0v) is 9.28. The Morgan fingerprint density at radius 2 is 1.94 bits per heavy atom. The summed E-state index contributed by atoms with van der Waals surface area (Å²) in [6, 6.07) is 10.7. The molecule has 82 valence electrons. The number of hydrogen-bond acceptors (Lipinski definition) is 3. The Morgan fingerprint density at radius 1 is 1.25 bits per heavy atom. The fourth-order valence-corrected chi connectivity index (χ4v) is 2.33. The molecule has 0 amide bonds. The van der Waals surface area contributed by atoms with Gasteiger partial charge in [0.05, 0.1) is 0 Å². The van der Waals surface area contributed by atoms with Crippen molar-refractivity contribution in [2.75, 3.05) is 0 Å². The van der Waals surface area contributed by atoms with Gasteiger partial charge in [-0.1, -0.05) is 30.3 Å². The van der Waals surface area contributed by atoms with Gasteiger partial charge in [-0.15, -0.1) is 11.3 Å². The Bertz CT molecular complexity index is 493. The Hall–Kier alpha value is -1.65. The number of thiophene rings is 1. The van der Waals surface area contributed by atoms with E-state index in [4.69, 9.17) is 10.8 Å². The average Bonchev–Trinajstić information content (AvgIpc) is 2.78. The molecule has 0 spiro atoms. The summed E-state index contributed by atoms with van der Waals surface area (Å²) in [5, 5.41) is 10.7. The number of hydrogen-bond donors (Lipinski definition) is 2. The molecule has 1 aromatic carbocycles. The number of benzene rings is 1. The van der Waals surface area contributed by atoms with Gasteiger partial charge < -0.3 is 10.8 Å². The summed E-state index contributed by atoms with van der Waals surface area (Å²) in [7, 11) is 0. The number of carboxylic acids is 1. The number of aliphatic carboxylic acids is 1. The van der Waals surface area contributed by atoms with Crippen LogP contribution in [0, 0.1) is 0 Å². The molecule has 0 saturated heterocycles. The molecular formula is C12H11NO2S. The van der Waals surface area contributed by atoms with Gasteiger partial charge in [0.25, 0.3) is 0 Å². The third-order valence-corrected chi connectivity index (χ3v) is 3.32. The molecule has 4 heteroatoms. The molecule has 16 heavy (non-hydrogen) atoms. The minimum absolute atomic E-state index is 0.673. The first kappa shape index (κ1) is 10.9. The minimum Gasteiger partial charge on any atom is -0.480 e. The summed E-state index contributed by atoms with van der Waals surface area (Å²) >= 11 is 1.37. The highest BCUT2D eigenvalue weighted by molar-refractivity contribution is 7.10. The van der Waals surface area contributed by atoms with E-state index >= 15 is 0 Å². The van der Waals surface area contributed by atoms with Crippen LogP contribution in [0.5, 0.6) is 0 Å². The maximum Gasteiger partial charge on any atom is 0.325 e. The van der Waals surface area contributed by atoms with E-state index in [0.29, 0.717) is 4.88 Å². The molecule has 1 unspecified atom stereocenters. The van der Waals surface area contributed by atoms with Crippen LogP contribution < -0.4 is 5.73 Å². The third kappa shape index (κ3) is 2.13. The van der Waals surface area contributed by atoms with Crippen molar-refractivity contribution in [3.05, 3.63) is 46.7 Å². The molecule has 0 aliphatic heterocycles. The smallest absolute Gasteiger partial charge is 0.325 e. The van der Waals surface area contributed by atoms with Gasteiger partial charge in [-0.2, -0.15) is 0 Å². The van der Waals surface area contributed by atoms with Gasteiger partial charge >= 0.3 is 5.97 Å². The van der Waals surface area contributed by atoms with Crippen LogP contribution in [0.1, 0.15) is 10.9 Å². The first-order chi connectivity index (χ1) is 7.68. The molecule has 1 atom stereocenters. The van der Waals surface area contributed by atoms with Crippen molar-refractivity contribution in [3.8, 4) is 11.1 Å². The molecule has 3 N–H and O–H groups in total. The van der Waals surface area contributed by atoms with Gasteiger partial charge in [0.15, 0.2) is 0 Å². The van der Waals surface area contributed by atoms with Crippen LogP contribution in [-0.4, -0.2) is 11.1 Å². The Morgan fingerprint density at radius 3 is 2.56 bits per heavy atom. The van der Waals surface area contributed by atoms with Crippen molar-refractivity contribution in [3.63, 3.8) is 0 Å². The topological polar surface area (TPSA) is 63.3 Å². The summed E-state index contributed by atoms with van der Waals surface area (Å²) in [4.78, 5) is 11.4. The third-order valence-electron chi connectivity index (χ3n) is 2.30. The molecule has 2 rings (SSSR count). The standard InChI is InChI=1S/C12H11NO2S/c13-11(12(14)15)10-6-9(7-16-10)8-4-2-1-3-5-8/h1-7,11H,13H2,(H,14,15). The maximum absolute atomic E-state index is 10.7. The molecule has 1 aromatic heterocycles.